The number of nitrogens with zero attached hydrogens (tertiary/aromatic N) is 2. The zero-order valence-corrected chi connectivity index (χ0v) is 19.0. The van der Waals surface area contributed by atoms with Gasteiger partial charge in [0.05, 0.1) is 0 Å². The number of para-hydroxylation sites is 2. The summed E-state index contributed by atoms with van der Waals surface area (Å²) < 4.78 is 11.8. The van der Waals surface area contributed by atoms with Gasteiger partial charge in [-0.3, -0.25) is 9.59 Å². The molecule has 2 aromatic rings. The second kappa shape index (κ2) is 9.86. The van der Waals surface area contributed by atoms with Crippen molar-refractivity contribution in [2.24, 2.45) is 5.92 Å². The number of rotatable bonds is 5. The van der Waals surface area contributed by atoms with E-state index in [-0.39, 0.29) is 24.5 Å². The van der Waals surface area contributed by atoms with Gasteiger partial charge in [-0.25, -0.2) is 0 Å². The monoisotopic (exact) mass is 448 g/mol. The number of piperidine rings is 2. The Bertz CT molecular complexity index is 979. The predicted octanol–water partition coefficient (Wildman–Crippen LogP) is 3.69. The molecule has 3 aliphatic heterocycles. The first-order valence-electron chi connectivity index (χ1n) is 12.2. The number of carbonyl (C=O) groups excluding carboxylic acids is 2. The summed E-state index contributed by atoms with van der Waals surface area (Å²) in [5.41, 5.74) is 1.28. The van der Waals surface area contributed by atoms with Crippen LogP contribution in [0.4, 0.5) is 0 Å². The van der Waals surface area contributed by atoms with E-state index in [0.29, 0.717) is 23.8 Å². The summed E-state index contributed by atoms with van der Waals surface area (Å²) >= 11 is 0. The summed E-state index contributed by atoms with van der Waals surface area (Å²) in [6.07, 6.45) is 4.66. The third kappa shape index (κ3) is 4.85. The molecule has 2 aromatic carbocycles. The molecule has 2 amide bonds. The molecule has 0 radical (unpaired) electrons. The van der Waals surface area contributed by atoms with Crippen LogP contribution in [0, 0.1) is 5.92 Å². The number of hydrogen-bond acceptors (Lipinski definition) is 4. The highest BCUT2D eigenvalue weighted by Crippen LogP contribution is 2.34. The van der Waals surface area contributed by atoms with Gasteiger partial charge in [-0.15, -0.1) is 0 Å². The maximum Gasteiger partial charge on any atom is 0.267 e. The van der Waals surface area contributed by atoms with Gasteiger partial charge in [-0.05, 0) is 55.7 Å². The van der Waals surface area contributed by atoms with Crippen LogP contribution in [0.3, 0.4) is 0 Å². The number of carbonyl (C=O) groups is 2. The maximum absolute atomic E-state index is 13.3. The van der Waals surface area contributed by atoms with Crippen molar-refractivity contribution in [3.8, 4) is 11.5 Å². The normalized spacial score (nSPS) is 24.2. The molecule has 3 heterocycles. The van der Waals surface area contributed by atoms with Crippen molar-refractivity contribution in [3.63, 3.8) is 0 Å². The molecule has 33 heavy (non-hydrogen) atoms. The van der Waals surface area contributed by atoms with Crippen LogP contribution in [0.1, 0.15) is 37.7 Å². The first kappa shape index (κ1) is 21.8. The highest BCUT2D eigenvalue weighted by atomic mass is 16.6. The molecule has 0 saturated carbocycles. The van der Waals surface area contributed by atoms with Gasteiger partial charge in [-0.1, -0.05) is 42.5 Å². The summed E-state index contributed by atoms with van der Waals surface area (Å²) in [6, 6.07) is 18.0. The topological polar surface area (TPSA) is 59.1 Å². The van der Waals surface area contributed by atoms with Crippen LogP contribution in [-0.4, -0.2) is 60.0 Å². The van der Waals surface area contributed by atoms with Crippen molar-refractivity contribution in [2.45, 2.75) is 50.7 Å². The highest BCUT2D eigenvalue weighted by Gasteiger charge is 2.42. The molecule has 2 saturated heterocycles. The Labute approximate surface area is 195 Å². The molecular weight excluding hydrogens is 416 g/mol. The van der Waals surface area contributed by atoms with Crippen molar-refractivity contribution in [1.82, 2.24) is 9.80 Å². The summed E-state index contributed by atoms with van der Waals surface area (Å²) in [6.45, 7) is 2.48. The molecule has 5 rings (SSSR count). The third-order valence-electron chi connectivity index (χ3n) is 7.19. The molecule has 0 bridgehead atoms. The van der Waals surface area contributed by atoms with Crippen molar-refractivity contribution < 1.29 is 19.1 Å². The van der Waals surface area contributed by atoms with Crippen molar-refractivity contribution in [1.29, 1.82) is 0 Å². The lowest BCUT2D eigenvalue weighted by molar-refractivity contribution is -0.149. The number of hydrogen-bond donors (Lipinski definition) is 0. The molecule has 3 atom stereocenters. The van der Waals surface area contributed by atoms with Crippen LogP contribution in [-0.2, 0) is 16.0 Å². The largest absolute Gasteiger partial charge is 0.485 e. The molecule has 6 nitrogen and oxygen atoms in total. The van der Waals surface area contributed by atoms with E-state index in [1.165, 1.54) is 5.56 Å². The van der Waals surface area contributed by atoms with Gasteiger partial charge in [0, 0.05) is 32.1 Å². The Balaban J connectivity index is 1.15. The highest BCUT2D eigenvalue weighted by molar-refractivity contribution is 5.82. The van der Waals surface area contributed by atoms with Gasteiger partial charge in [0.25, 0.3) is 5.91 Å². The van der Waals surface area contributed by atoms with Crippen molar-refractivity contribution >= 4 is 11.8 Å². The fourth-order valence-electron chi connectivity index (χ4n) is 5.48. The fourth-order valence-corrected chi connectivity index (χ4v) is 5.48. The average molecular weight is 449 g/mol. The number of fused-ring (bicyclic) bond motifs is 2. The summed E-state index contributed by atoms with van der Waals surface area (Å²) in [5.74, 6) is 1.92. The lowest BCUT2D eigenvalue weighted by Gasteiger charge is -2.48. The molecule has 6 heteroatoms. The van der Waals surface area contributed by atoms with E-state index in [4.69, 9.17) is 9.47 Å². The average Bonchev–Trinajstić information content (AvgIpc) is 2.88. The number of likely N-dealkylation sites (tertiary alicyclic amines) is 2. The van der Waals surface area contributed by atoms with Gasteiger partial charge in [-0.2, -0.15) is 0 Å². The minimum Gasteiger partial charge on any atom is -0.485 e. The number of amides is 2. The van der Waals surface area contributed by atoms with Crippen LogP contribution < -0.4 is 9.47 Å². The third-order valence-corrected chi connectivity index (χ3v) is 7.19. The quantitative estimate of drug-likeness (QED) is 0.700. The Hall–Kier alpha value is -3.02. The van der Waals surface area contributed by atoms with E-state index in [1.807, 2.05) is 52.3 Å². The molecule has 0 aliphatic carbocycles. The molecule has 0 aromatic heterocycles. The van der Waals surface area contributed by atoms with Crippen LogP contribution >= 0.6 is 0 Å². The SMILES string of the molecule is O=C(CCCc1ccccc1)N1CC[C@H]2[C@H](CCCN2C(=O)C2COc3ccccc3O2)C1. The summed E-state index contributed by atoms with van der Waals surface area (Å²) in [4.78, 5) is 30.2. The van der Waals surface area contributed by atoms with Crippen molar-refractivity contribution in [3.05, 3.63) is 60.2 Å². The second-order valence-corrected chi connectivity index (χ2v) is 9.33. The van der Waals surface area contributed by atoms with Gasteiger partial charge >= 0.3 is 0 Å². The molecule has 0 N–H and O–H groups in total. The standard InChI is InChI=1S/C27H32N2O4/c30-26(14-6-10-20-8-2-1-3-9-20)28-17-15-22-21(18-28)11-7-16-29(22)27(31)25-19-32-23-12-4-5-13-24(23)33-25/h1-5,8-9,12-13,21-22,25H,6-7,10-11,14-19H2/t21-,22+,25?/m1/s1. The van der Waals surface area contributed by atoms with Crippen LogP contribution in [0.15, 0.2) is 54.6 Å². The van der Waals surface area contributed by atoms with E-state index < -0.39 is 6.10 Å². The first-order valence-corrected chi connectivity index (χ1v) is 12.2. The molecule has 174 valence electrons. The van der Waals surface area contributed by atoms with Crippen molar-refractivity contribution in [2.75, 3.05) is 26.2 Å². The van der Waals surface area contributed by atoms with E-state index in [9.17, 15) is 9.59 Å². The first-order chi connectivity index (χ1) is 16.2. The fraction of sp³-hybridized carbons (Fsp3) is 0.481. The van der Waals surface area contributed by atoms with Gasteiger partial charge in [0.15, 0.2) is 11.5 Å². The van der Waals surface area contributed by atoms with E-state index >= 15 is 0 Å². The van der Waals surface area contributed by atoms with E-state index in [1.54, 1.807) is 0 Å². The lowest BCUT2D eigenvalue weighted by Crippen LogP contribution is -2.59. The van der Waals surface area contributed by atoms with E-state index in [2.05, 4.69) is 12.1 Å². The molecular formula is C27H32N2O4. The van der Waals surface area contributed by atoms with E-state index in [0.717, 1.165) is 51.7 Å². The van der Waals surface area contributed by atoms with Gasteiger partial charge < -0.3 is 19.3 Å². The number of aryl methyl sites for hydroxylation is 1. The Kier molecular flexibility index (Phi) is 6.51. The number of ether oxygens (including phenoxy) is 2. The van der Waals surface area contributed by atoms with Crippen LogP contribution in [0.5, 0.6) is 11.5 Å². The van der Waals surface area contributed by atoms with Gasteiger partial charge in [0.1, 0.15) is 6.61 Å². The molecule has 0 spiro atoms. The molecule has 3 aliphatic rings. The zero-order chi connectivity index (χ0) is 22.6. The van der Waals surface area contributed by atoms with Crippen LogP contribution in [0.2, 0.25) is 0 Å². The predicted molar refractivity (Wildman–Crippen MR) is 125 cm³/mol. The summed E-state index contributed by atoms with van der Waals surface area (Å²) in [5, 5.41) is 0. The number of benzene rings is 2. The zero-order valence-electron chi connectivity index (χ0n) is 19.0. The molecule has 1 unspecified atom stereocenters. The minimum absolute atomic E-state index is 0.0156. The lowest BCUT2D eigenvalue weighted by atomic mass is 9.83. The smallest absolute Gasteiger partial charge is 0.267 e. The minimum atomic E-state index is -0.601. The second-order valence-electron chi connectivity index (χ2n) is 9.33. The Morgan fingerprint density at radius 3 is 2.58 bits per heavy atom. The summed E-state index contributed by atoms with van der Waals surface area (Å²) in [7, 11) is 0. The maximum atomic E-state index is 13.3. The van der Waals surface area contributed by atoms with Crippen LogP contribution in [0.25, 0.3) is 0 Å². The van der Waals surface area contributed by atoms with Gasteiger partial charge in [0.2, 0.25) is 12.0 Å². The Morgan fingerprint density at radius 2 is 1.73 bits per heavy atom. The Morgan fingerprint density at radius 1 is 0.939 bits per heavy atom. The molecule has 2 fully saturated rings.